The molecule has 0 atom stereocenters. The van der Waals surface area contributed by atoms with Gasteiger partial charge in [-0.05, 0) is 18.2 Å². The molecule has 0 aromatic heterocycles. The van der Waals surface area contributed by atoms with E-state index >= 15 is 0 Å². The van der Waals surface area contributed by atoms with E-state index in [2.05, 4.69) is 0 Å². The fourth-order valence-corrected chi connectivity index (χ4v) is 1.79. The van der Waals surface area contributed by atoms with Crippen LogP contribution in [-0.2, 0) is 10.0 Å². The molecule has 0 unspecified atom stereocenters. The summed E-state index contributed by atoms with van der Waals surface area (Å²) in [5.41, 5.74) is -0.0753. The van der Waals surface area contributed by atoms with E-state index in [9.17, 15) is 26.4 Å². The molecule has 1 amide bonds. The minimum Gasteiger partial charge on any atom is -0.352 e. The van der Waals surface area contributed by atoms with Crippen molar-refractivity contribution in [1.29, 1.82) is 0 Å². The molecule has 19 heavy (non-hydrogen) atoms. The average molecular weight is 296 g/mol. The van der Waals surface area contributed by atoms with E-state index in [1.807, 2.05) is 5.32 Å². The van der Waals surface area contributed by atoms with Crippen molar-refractivity contribution < 1.29 is 26.4 Å². The van der Waals surface area contributed by atoms with E-state index in [0.717, 1.165) is 6.07 Å². The predicted molar refractivity (Wildman–Crippen MR) is 60.8 cm³/mol. The molecule has 1 aromatic carbocycles. The van der Waals surface area contributed by atoms with Crippen molar-refractivity contribution in [2.45, 2.75) is 17.5 Å². The number of carbonyl (C=O) groups is 1. The van der Waals surface area contributed by atoms with Gasteiger partial charge in [0.25, 0.3) is 5.91 Å². The number of sulfonamides is 1. The molecule has 5 nitrogen and oxygen atoms in total. The fraction of sp³-hybridized carbons (Fsp3) is 0.300. The Kier molecular flexibility index (Phi) is 4.53. The standard InChI is InChI=1S/C10H11F3N2O3S/c11-10(12,13)4-5-15-9(16)7-2-1-3-8(6-7)19(14,17)18/h1-3,6H,4-5H2,(H,15,16)(H2,14,17,18). The molecule has 0 aliphatic heterocycles. The van der Waals surface area contributed by atoms with Crippen LogP contribution in [0.2, 0.25) is 0 Å². The topological polar surface area (TPSA) is 89.3 Å². The Bertz CT molecular complexity index is 570. The predicted octanol–water partition coefficient (Wildman–Crippen LogP) is 1.02. The fourth-order valence-electron chi connectivity index (χ4n) is 1.23. The average Bonchev–Trinajstić information content (AvgIpc) is 2.26. The number of nitrogens with one attached hydrogen (secondary N) is 1. The Hall–Kier alpha value is -1.61. The summed E-state index contributed by atoms with van der Waals surface area (Å²) >= 11 is 0. The van der Waals surface area contributed by atoms with Crippen LogP contribution in [0.25, 0.3) is 0 Å². The zero-order chi connectivity index (χ0) is 14.7. The lowest BCUT2D eigenvalue weighted by atomic mass is 10.2. The van der Waals surface area contributed by atoms with Crippen LogP contribution in [0.4, 0.5) is 13.2 Å². The summed E-state index contributed by atoms with van der Waals surface area (Å²) in [5, 5.41) is 6.91. The molecular formula is C10H11F3N2O3S. The highest BCUT2D eigenvalue weighted by Gasteiger charge is 2.26. The summed E-state index contributed by atoms with van der Waals surface area (Å²) in [6, 6.07) is 4.73. The van der Waals surface area contributed by atoms with Crippen molar-refractivity contribution in [2.75, 3.05) is 6.54 Å². The van der Waals surface area contributed by atoms with Gasteiger partial charge in [-0.3, -0.25) is 4.79 Å². The molecule has 0 fully saturated rings. The Balaban J connectivity index is 2.73. The van der Waals surface area contributed by atoms with E-state index in [4.69, 9.17) is 5.14 Å². The maximum atomic E-state index is 11.9. The second kappa shape index (κ2) is 5.57. The van der Waals surface area contributed by atoms with Gasteiger partial charge in [-0.25, -0.2) is 13.6 Å². The normalized spacial score (nSPS) is 12.2. The van der Waals surface area contributed by atoms with Gasteiger partial charge in [-0.2, -0.15) is 13.2 Å². The van der Waals surface area contributed by atoms with Gasteiger partial charge in [0.05, 0.1) is 11.3 Å². The second-order valence-electron chi connectivity index (χ2n) is 3.69. The van der Waals surface area contributed by atoms with Crippen LogP contribution in [0, 0.1) is 0 Å². The van der Waals surface area contributed by atoms with Gasteiger partial charge >= 0.3 is 6.18 Å². The molecular weight excluding hydrogens is 285 g/mol. The third-order valence-electron chi connectivity index (χ3n) is 2.12. The van der Waals surface area contributed by atoms with E-state index in [1.165, 1.54) is 18.2 Å². The first kappa shape index (κ1) is 15.4. The van der Waals surface area contributed by atoms with Gasteiger partial charge < -0.3 is 5.32 Å². The molecule has 0 radical (unpaired) electrons. The van der Waals surface area contributed by atoms with Crippen molar-refractivity contribution in [1.82, 2.24) is 5.32 Å². The van der Waals surface area contributed by atoms with Crippen molar-refractivity contribution in [2.24, 2.45) is 5.14 Å². The number of nitrogens with two attached hydrogens (primary N) is 1. The van der Waals surface area contributed by atoms with Crippen LogP contribution in [0.3, 0.4) is 0 Å². The first-order valence-electron chi connectivity index (χ1n) is 5.07. The minimum atomic E-state index is -4.37. The number of benzene rings is 1. The Morgan fingerprint density at radius 3 is 2.47 bits per heavy atom. The minimum absolute atomic E-state index is 0.0753. The molecule has 0 saturated carbocycles. The van der Waals surface area contributed by atoms with Gasteiger partial charge in [0.2, 0.25) is 10.0 Å². The van der Waals surface area contributed by atoms with E-state index in [-0.39, 0.29) is 10.5 Å². The number of primary sulfonamides is 1. The van der Waals surface area contributed by atoms with Crippen molar-refractivity contribution in [3.63, 3.8) is 0 Å². The first-order chi connectivity index (χ1) is 8.59. The number of hydrogen-bond donors (Lipinski definition) is 2. The molecule has 0 bridgehead atoms. The molecule has 1 aromatic rings. The number of carbonyl (C=O) groups excluding carboxylic acids is 1. The molecule has 0 aliphatic rings. The quantitative estimate of drug-likeness (QED) is 0.869. The van der Waals surface area contributed by atoms with Crippen LogP contribution in [0.5, 0.6) is 0 Å². The molecule has 0 saturated heterocycles. The molecule has 3 N–H and O–H groups in total. The lowest BCUT2D eigenvalue weighted by molar-refractivity contribution is -0.132. The summed E-state index contributed by atoms with van der Waals surface area (Å²) in [6.45, 7) is -0.581. The zero-order valence-corrected chi connectivity index (χ0v) is 10.4. The van der Waals surface area contributed by atoms with Crippen LogP contribution in [0.15, 0.2) is 29.2 Å². The van der Waals surface area contributed by atoms with Crippen molar-refractivity contribution in [3.05, 3.63) is 29.8 Å². The largest absolute Gasteiger partial charge is 0.390 e. The Morgan fingerprint density at radius 2 is 1.95 bits per heavy atom. The number of hydrogen-bond acceptors (Lipinski definition) is 3. The number of rotatable bonds is 4. The monoisotopic (exact) mass is 296 g/mol. The van der Waals surface area contributed by atoms with E-state index in [0.29, 0.717) is 0 Å². The third kappa shape index (κ3) is 5.26. The van der Waals surface area contributed by atoms with Gasteiger partial charge in [0.1, 0.15) is 0 Å². The molecule has 9 heteroatoms. The highest BCUT2D eigenvalue weighted by atomic mass is 32.2. The highest BCUT2D eigenvalue weighted by Crippen LogP contribution is 2.18. The lowest BCUT2D eigenvalue weighted by Crippen LogP contribution is -2.28. The van der Waals surface area contributed by atoms with Gasteiger partial charge in [0, 0.05) is 12.1 Å². The summed E-state index contributed by atoms with van der Waals surface area (Å²) in [7, 11) is -3.96. The smallest absolute Gasteiger partial charge is 0.352 e. The van der Waals surface area contributed by atoms with Crippen molar-refractivity contribution >= 4 is 15.9 Å². The summed E-state index contributed by atoms with van der Waals surface area (Å²) in [6.07, 6.45) is -5.52. The van der Waals surface area contributed by atoms with E-state index < -0.39 is 35.1 Å². The first-order valence-corrected chi connectivity index (χ1v) is 6.62. The highest BCUT2D eigenvalue weighted by molar-refractivity contribution is 7.89. The summed E-state index contributed by atoms with van der Waals surface area (Å²) < 4.78 is 57.7. The SMILES string of the molecule is NS(=O)(=O)c1cccc(C(=O)NCCC(F)(F)F)c1. The zero-order valence-electron chi connectivity index (χ0n) is 9.57. The molecule has 0 aliphatic carbocycles. The maximum Gasteiger partial charge on any atom is 0.390 e. The van der Waals surface area contributed by atoms with Crippen molar-refractivity contribution in [3.8, 4) is 0 Å². The molecule has 0 spiro atoms. The molecule has 0 heterocycles. The van der Waals surface area contributed by atoms with Gasteiger partial charge in [-0.15, -0.1) is 0 Å². The van der Waals surface area contributed by atoms with Gasteiger partial charge in [-0.1, -0.05) is 6.07 Å². The van der Waals surface area contributed by atoms with Crippen LogP contribution < -0.4 is 10.5 Å². The number of halogens is 3. The Labute approximate surface area is 107 Å². The van der Waals surface area contributed by atoms with Crippen LogP contribution in [0.1, 0.15) is 16.8 Å². The second-order valence-corrected chi connectivity index (χ2v) is 5.26. The summed E-state index contributed by atoms with van der Waals surface area (Å²) in [4.78, 5) is 11.2. The molecule has 106 valence electrons. The molecule has 1 rings (SSSR count). The third-order valence-corrected chi connectivity index (χ3v) is 3.03. The maximum absolute atomic E-state index is 11.9. The van der Waals surface area contributed by atoms with Crippen LogP contribution in [-0.4, -0.2) is 27.0 Å². The summed E-state index contributed by atoms with van der Waals surface area (Å²) in [5.74, 6) is -0.797. The Morgan fingerprint density at radius 1 is 1.32 bits per heavy atom. The van der Waals surface area contributed by atoms with Crippen LogP contribution >= 0.6 is 0 Å². The number of alkyl halides is 3. The van der Waals surface area contributed by atoms with E-state index in [1.54, 1.807) is 0 Å². The van der Waals surface area contributed by atoms with Gasteiger partial charge in [0.15, 0.2) is 0 Å². The lowest BCUT2D eigenvalue weighted by Gasteiger charge is -2.08. The number of amides is 1.